The van der Waals surface area contributed by atoms with E-state index in [1.807, 2.05) is 25.1 Å². The normalized spacial score (nSPS) is 9.90. The highest BCUT2D eigenvalue weighted by Crippen LogP contribution is 2.37. The number of thiol groups is 1. The fourth-order valence-electron chi connectivity index (χ4n) is 2.12. The van der Waals surface area contributed by atoms with Gasteiger partial charge in [0, 0.05) is 4.90 Å². The first-order chi connectivity index (χ1) is 9.51. The van der Waals surface area contributed by atoms with E-state index in [1.54, 1.807) is 6.07 Å². The van der Waals surface area contributed by atoms with E-state index in [-0.39, 0.29) is 0 Å². The number of hydrogen-bond acceptors (Lipinski definition) is 1. The van der Waals surface area contributed by atoms with Gasteiger partial charge in [-0.2, -0.15) is 12.6 Å². The Hall–Kier alpha value is -1.37. The largest absolute Gasteiger partial charge is 0.238 e. The van der Waals surface area contributed by atoms with Gasteiger partial charge in [-0.25, -0.2) is 9.69 Å². The Labute approximate surface area is 129 Å². The first-order valence-corrected chi connectivity index (χ1v) is 7.37. The zero-order valence-electron chi connectivity index (χ0n) is 10.8. The van der Waals surface area contributed by atoms with Crippen LogP contribution in [0.15, 0.2) is 29.2 Å². The van der Waals surface area contributed by atoms with Crippen molar-refractivity contribution in [2.75, 3.05) is 0 Å². The van der Waals surface area contributed by atoms with Gasteiger partial charge in [-0.15, -0.1) is 18.5 Å². The maximum atomic E-state index is 7.25. The second kappa shape index (κ2) is 5.95. The van der Waals surface area contributed by atoms with Crippen LogP contribution in [0.1, 0.15) is 5.56 Å². The third-order valence-corrected chi connectivity index (χ3v) is 4.56. The molecule has 20 heavy (non-hydrogen) atoms. The second-order valence-electron chi connectivity index (χ2n) is 4.30. The molecular weight excluding hydrogens is 302 g/mol. The summed E-state index contributed by atoms with van der Waals surface area (Å²) >= 11 is 4.52. The Morgan fingerprint density at radius 2 is 1.40 bits per heavy atom. The molecule has 0 radical (unpaired) electrons. The van der Waals surface area contributed by atoms with Gasteiger partial charge in [0.05, 0.1) is 13.1 Å². The standard InChI is InChI=1S/C15H12N2P2S/c1-8-9(16-2)4-6-11(18)13(8)14-12(19)7-5-10(17-3)15(14)20/h4-7,20H,18-19H2,1H3. The molecule has 98 valence electrons. The lowest BCUT2D eigenvalue weighted by molar-refractivity contribution is 1.45. The van der Waals surface area contributed by atoms with Gasteiger partial charge in [0.15, 0.2) is 5.69 Å². The van der Waals surface area contributed by atoms with E-state index in [0.717, 1.165) is 27.3 Å². The van der Waals surface area contributed by atoms with Crippen LogP contribution in [-0.4, -0.2) is 0 Å². The molecule has 0 heterocycles. The molecule has 2 rings (SSSR count). The molecule has 0 N–H and O–H groups in total. The summed E-state index contributed by atoms with van der Waals surface area (Å²) in [4.78, 5) is 7.70. The SMILES string of the molecule is [C-]#[N+]c1ccc(P)c(-c2c(P)ccc([N+]#[C-])c2S)c1C. The summed E-state index contributed by atoms with van der Waals surface area (Å²) in [6, 6.07) is 7.37. The Morgan fingerprint density at radius 1 is 0.900 bits per heavy atom. The summed E-state index contributed by atoms with van der Waals surface area (Å²) in [7, 11) is 5.37. The third kappa shape index (κ3) is 2.46. The fourth-order valence-corrected chi connectivity index (χ4v) is 3.45. The van der Waals surface area contributed by atoms with Gasteiger partial charge < -0.3 is 0 Å². The van der Waals surface area contributed by atoms with Gasteiger partial charge in [-0.05, 0) is 34.2 Å². The number of rotatable bonds is 1. The van der Waals surface area contributed by atoms with Crippen molar-refractivity contribution in [1.82, 2.24) is 0 Å². The van der Waals surface area contributed by atoms with Crippen LogP contribution in [0.5, 0.6) is 0 Å². The van der Waals surface area contributed by atoms with Crippen molar-refractivity contribution in [3.8, 4) is 11.1 Å². The minimum atomic E-state index is 0.520. The molecule has 2 aromatic carbocycles. The van der Waals surface area contributed by atoms with Crippen LogP contribution in [0.4, 0.5) is 11.4 Å². The van der Waals surface area contributed by atoms with Gasteiger partial charge in [0.2, 0.25) is 5.69 Å². The monoisotopic (exact) mass is 314 g/mol. The van der Waals surface area contributed by atoms with Crippen LogP contribution in [0.25, 0.3) is 20.8 Å². The minimum Gasteiger partial charge on any atom is -0.238 e. The maximum Gasteiger partial charge on any atom is 0.200 e. The van der Waals surface area contributed by atoms with Crippen LogP contribution < -0.4 is 10.6 Å². The van der Waals surface area contributed by atoms with Crippen molar-refractivity contribution in [3.05, 3.63) is 52.7 Å². The molecule has 0 saturated heterocycles. The van der Waals surface area contributed by atoms with Crippen molar-refractivity contribution in [3.63, 3.8) is 0 Å². The smallest absolute Gasteiger partial charge is 0.200 e. The molecule has 2 aromatic rings. The highest BCUT2D eigenvalue weighted by Gasteiger charge is 2.16. The quantitative estimate of drug-likeness (QED) is 0.462. The molecule has 0 saturated carbocycles. The summed E-state index contributed by atoms with van der Waals surface area (Å²) in [5, 5.41) is 1.97. The van der Waals surface area contributed by atoms with Crippen molar-refractivity contribution in [2.24, 2.45) is 0 Å². The van der Waals surface area contributed by atoms with Crippen molar-refractivity contribution < 1.29 is 0 Å². The molecule has 0 aromatic heterocycles. The van der Waals surface area contributed by atoms with E-state index in [1.165, 1.54) is 0 Å². The van der Waals surface area contributed by atoms with E-state index in [9.17, 15) is 0 Å². The van der Waals surface area contributed by atoms with Gasteiger partial charge in [0.25, 0.3) is 0 Å². The Balaban J connectivity index is 2.90. The highest BCUT2D eigenvalue weighted by atomic mass is 32.1. The predicted octanol–water partition coefficient (Wildman–Crippen LogP) is 4.05. The summed E-state index contributed by atoms with van der Waals surface area (Å²) in [5.41, 5.74) is 3.92. The minimum absolute atomic E-state index is 0.520. The first kappa shape index (κ1) is 15.0. The van der Waals surface area contributed by atoms with Gasteiger partial charge in [-0.3, -0.25) is 0 Å². The highest BCUT2D eigenvalue weighted by molar-refractivity contribution is 7.80. The van der Waals surface area contributed by atoms with E-state index in [0.29, 0.717) is 16.3 Å². The molecule has 2 atom stereocenters. The molecular formula is C15H12N2P2S. The van der Waals surface area contributed by atoms with E-state index < -0.39 is 0 Å². The second-order valence-corrected chi connectivity index (χ2v) is 5.99. The average Bonchev–Trinajstić information content (AvgIpc) is 2.42. The average molecular weight is 314 g/mol. The number of hydrogen-bond donors (Lipinski definition) is 1. The van der Waals surface area contributed by atoms with Crippen molar-refractivity contribution in [1.29, 1.82) is 0 Å². The van der Waals surface area contributed by atoms with Crippen LogP contribution in [0, 0.1) is 20.1 Å². The summed E-state index contributed by atoms with van der Waals surface area (Å²) in [5.74, 6) is 0. The fraction of sp³-hybridized carbons (Fsp3) is 0.0667. The summed E-state index contributed by atoms with van der Waals surface area (Å²) in [6.07, 6.45) is 0. The van der Waals surface area contributed by atoms with Gasteiger partial charge >= 0.3 is 0 Å². The predicted molar refractivity (Wildman–Crippen MR) is 95.1 cm³/mol. The summed E-state index contributed by atoms with van der Waals surface area (Å²) < 4.78 is 0. The van der Waals surface area contributed by atoms with E-state index >= 15 is 0 Å². The molecule has 0 aliphatic carbocycles. The Kier molecular flexibility index (Phi) is 4.47. The molecule has 0 aliphatic heterocycles. The zero-order valence-corrected chi connectivity index (χ0v) is 14.0. The third-order valence-electron chi connectivity index (χ3n) is 3.15. The maximum absolute atomic E-state index is 7.25. The lowest BCUT2D eigenvalue weighted by Gasteiger charge is -2.17. The van der Waals surface area contributed by atoms with Crippen LogP contribution in [0.3, 0.4) is 0 Å². The molecule has 5 heteroatoms. The van der Waals surface area contributed by atoms with E-state index in [4.69, 9.17) is 13.1 Å². The lowest BCUT2D eigenvalue weighted by atomic mass is 9.98. The van der Waals surface area contributed by atoms with Gasteiger partial charge in [0.1, 0.15) is 0 Å². The molecule has 0 amide bonds. The van der Waals surface area contributed by atoms with Crippen molar-refractivity contribution in [2.45, 2.75) is 11.8 Å². The molecule has 0 aliphatic rings. The lowest BCUT2D eigenvalue weighted by Crippen LogP contribution is -2.07. The molecule has 2 nitrogen and oxygen atoms in total. The Bertz CT molecular complexity index is 718. The first-order valence-electron chi connectivity index (χ1n) is 5.77. The summed E-state index contributed by atoms with van der Waals surface area (Å²) in [6.45, 7) is 16.4. The molecule has 2 unspecified atom stereocenters. The van der Waals surface area contributed by atoms with Gasteiger partial charge in [-0.1, -0.05) is 24.3 Å². The topological polar surface area (TPSA) is 8.72 Å². The van der Waals surface area contributed by atoms with E-state index in [2.05, 4.69) is 40.8 Å². The Morgan fingerprint density at radius 3 is 1.95 bits per heavy atom. The molecule has 0 bridgehead atoms. The number of nitrogens with zero attached hydrogens (tertiary/aromatic N) is 2. The van der Waals surface area contributed by atoms with Crippen LogP contribution in [-0.2, 0) is 0 Å². The van der Waals surface area contributed by atoms with Crippen LogP contribution in [0.2, 0.25) is 0 Å². The zero-order chi connectivity index (χ0) is 14.9. The van der Waals surface area contributed by atoms with Crippen LogP contribution >= 0.6 is 31.1 Å². The molecule has 0 spiro atoms. The number of benzene rings is 2. The molecule has 0 fully saturated rings. The van der Waals surface area contributed by atoms with Crippen molar-refractivity contribution >= 4 is 53.1 Å².